The number of aliphatic carboxylic acids is 2. The predicted molar refractivity (Wildman–Crippen MR) is 54.3 cm³/mol. The van der Waals surface area contributed by atoms with Gasteiger partial charge in [-0.05, 0) is 0 Å². The van der Waals surface area contributed by atoms with Gasteiger partial charge in [0.05, 0.1) is 0 Å². The molecule has 0 radical (unpaired) electrons. The number of carboxylic acid groups (broad SMARTS) is 2. The zero-order valence-electron chi connectivity index (χ0n) is 7.83. The van der Waals surface area contributed by atoms with E-state index in [4.69, 9.17) is 10.2 Å². The van der Waals surface area contributed by atoms with E-state index in [-0.39, 0.29) is 0 Å². The molecule has 4 heteroatoms. The summed E-state index contributed by atoms with van der Waals surface area (Å²) in [5.41, 5.74) is -0.725. The van der Waals surface area contributed by atoms with Gasteiger partial charge in [0.1, 0.15) is 0 Å². The molecular formula is C11H10O4. The van der Waals surface area contributed by atoms with Crippen molar-refractivity contribution in [3.8, 4) is 0 Å². The van der Waals surface area contributed by atoms with Crippen molar-refractivity contribution in [2.75, 3.05) is 0 Å². The van der Waals surface area contributed by atoms with E-state index in [0.29, 0.717) is 0 Å². The molecule has 0 aromatic rings. The smallest absolute Gasteiger partial charge is 0.328 e. The lowest BCUT2D eigenvalue weighted by atomic mass is 9.89. The minimum absolute atomic E-state index is 0.725. The van der Waals surface area contributed by atoms with E-state index in [0.717, 1.165) is 12.2 Å². The summed E-state index contributed by atoms with van der Waals surface area (Å²) < 4.78 is 0. The van der Waals surface area contributed by atoms with Crippen molar-refractivity contribution < 1.29 is 19.8 Å². The van der Waals surface area contributed by atoms with Crippen LogP contribution in [0, 0.1) is 5.41 Å². The number of hydrogen-bond donors (Lipinski definition) is 2. The quantitative estimate of drug-likeness (QED) is 0.681. The van der Waals surface area contributed by atoms with E-state index in [1.165, 1.54) is 12.2 Å². The molecule has 1 aliphatic carbocycles. The highest BCUT2D eigenvalue weighted by Crippen LogP contribution is 2.29. The summed E-state index contributed by atoms with van der Waals surface area (Å²) in [6.45, 7) is 0. The largest absolute Gasteiger partial charge is 0.478 e. The normalized spacial score (nSPS) is 17.9. The van der Waals surface area contributed by atoms with Gasteiger partial charge in [-0.3, -0.25) is 0 Å². The molecule has 2 N–H and O–H groups in total. The molecule has 0 saturated carbocycles. The summed E-state index contributed by atoms with van der Waals surface area (Å²) in [5.74, 6) is -2.13. The van der Waals surface area contributed by atoms with Crippen molar-refractivity contribution in [2.24, 2.45) is 5.41 Å². The summed E-state index contributed by atoms with van der Waals surface area (Å²) >= 11 is 0. The first kappa shape index (κ1) is 11.0. The Morgan fingerprint density at radius 2 is 1.33 bits per heavy atom. The monoisotopic (exact) mass is 206 g/mol. The number of hydrogen-bond acceptors (Lipinski definition) is 2. The summed E-state index contributed by atoms with van der Waals surface area (Å²) in [5, 5.41) is 17.0. The SMILES string of the molecule is O=C(O)C=CC1(C=CC(=O)O)C=CC=C1. The van der Waals surface area contributed by atoms with Crippen molar-refractivity contribution >= 4 is 11.9 Å². The second-order valence-electron chi connectivity index (χ2n) is 3.06. The van der Waals surface area contributed by atoms with Gasteiger partial charge < -0.3 is 10.2 Å². The van der Waals surface area contributed by atoms with Crippen LogP contribution in [-0.2, 0) is 9.59 Å². The lowest BCUT2D eigenvalue weighted by Gasteiger charge is -2.14. The number of carboxylic acids is 2. The van der Waals surface area contributed by atoms with Crippen molar-refractivity contribution in [3.05, 3.63) is 48.6 Å². The van der Waals surface area contributed by atoms with Gasteiger partial charge in [-0.2, -0.15) is 0 Å². The highest BCUT2D eigenvalue weighted by Gasteiger charge is 2.19. The molecule has 0 spiro atoms. The van der Waals surface area contributed by atoms with Crippen LogP contribution in [0.25, 0.3) is 0 Å². The van der Waals surface area contributed by atoms with Crippen LogP contribution in [0.2, 0.25) is 0 Å². The topological polar surface area (TPSA) is 74.6 Å². The number of carbonyl (C=O) groups is 2. The highest BCUT2D eigenvalue weighted by atomic mass is 16.4. The third-order valence-electron chi connectivity index (χ3n) is 1.91. The van der Waals surface area contributed by atoms with Crippen molar-refractivity contribution in [1.82, 2.24) is 0 Å². The van der Waals surface area contributed by atoms with Gasteiger partial charge in [0.25, 0.3) is 0 Å². The Kier molecular flexibility index (Phi) is 3.23. The minimum atomic E-state index is -1.06. The maximum absolute atomic E-state index is 10.4. The summed E-state index contributed by atoms with van der Waals surface area (Å²) in [4.78, 5) is 20.7. The van der Waals surface area contributed by atoms with Crippen LogP contribution in [0.15, 0.2) is 48.6 Å². The Balaban J connectivity index is 2.90. The fourth-order valence-electron chi connectivity index (χ4n) is 1.21. The lowest BCUT2D eigenvalue weighted by Crippen LogP contribution is -2.07. The molecule has 0 amide bonds. The molecule has 0 aromatic carbocycles. The third-order valence-corrected chi connectivity index (χ3v) is 1.91. The van der Waals surface area contributed by atoms with Crippen molar-refractivity contribution in [2.45, 2.75) is 0 Å². The van der Waals surface area contributed by atoms with Gasteiger partial charge in [-0.25, -0.2) is 9.59 Å². The van der Waals surface area contributed by atoms with Crippen LogP contribution in [0.4, 0.5) is 0 Å². The maximum Gasteiger partial charge on any atom is 0.328 e. The second-order valence-corrected chi connectivity index (χ2v) is 3.06. The first-order chi connectivity index (χ1) is 7.04. The van der Waals surface area contributed by atoms with E-state index in [9.17, 15) is 9.59 Å². The Hall–Kier alpha value is -2.10. The molecule has 1 aliphatic rings. The summed E-state index contributed by atoms with van der Waals surface area (Å²) in [7, 11) is 0. The Labute approximate surface area is 86.5 Å². The molecule has 0 heterocycles. The summed E-state index contributed by atoms with van der Waals surface area (Å²) in [6.07, 6.45) is 11.7. The molecule has 78 valence electrons. The molecular weight excluding hydrogens is 196 g/mol. The van der Waals surface area contributed by atoms with Gasteiger partial charge in [0.2, 0.25) is 0 Å². The summed E-state index contributed by atoms with van der Waals surface area (Å²) in [6, 6.07) is 0. The highest BCUT2D eigenvalue weighted by molar-refractivity contribution is 5.81. The van der Waals surface area contributed by atoms with Crippen LogP contribution in [0.3, 0.4) is 0 Å². The first-order valence-corrected chi connectivity index (χ1v) is 4.25. The molecule has 0 aromatic heterocycles. The van der Waals surface area contributed by atoms with Gasteiger partial charge in [0, 0.05) is 17.6 Å². The van der Waals surface area contributed by atoms with Crippen LogP contribution < -0.4 is 0 Å². The van der Waals surface area contributed by atoms with Gasteiger partial charge >= 0.3 is 11.9 Å². The van der Waals surface area contributed by atoms with Crippen molar-refractivity contribution in [3.63, 3.8) is 0 Å². The Morgan fingerprint density at radius 1 is 0.933 bits per heavy atom. The standard InChI is InChI=1S/C11H10O4/c12-9(13)3-7-11(5-1-2-6-11)8-4-10(14)15/h1-8H,(H,12,13)(H,14,15). The van der Waals surface area contributed by atoms with Crippen LogP contribution >= 0.6 is 0 Å². The number of allylic oxidation sites excluding steroid dienone is 6. The Bertz CT molecular complexity index is 347. The average molecular weight is 206 g/mol. The van der Waals surface area contributed by atoms with Crippen LogP contribution in [0.1, 0.15) is 0 Å². The molecule has 0 aliphatic heterocycles. The molecule has 4 nitrogen and oxygen atoms in total. The van der Waals surface area contributed by atoms with E-state index < -0.39 is 17.4 Å². The molecule has 0 fully saturated rings. The third kappa shape index (κ3) is 3.27. The van der Waals surface area contributed by atoms with E-state index >= 15 is 0 Å². The van der Waals surface area contributed by atoms with Crippen LogP contribution in [-0.4, -0.2) is 22.2 Å². The molecule has 15 heavy (non-hydrogen) atoms. The minimum Gasteiger partial charge on any atom is -0.478 e. The zero-order valence-corrected chi connectivity index (χ0v) is 7.83. The first-order valence-electron chi connectivity index (χ1n) is 4.25. The zero-order chi connectivity index (χ0) is 11.3. The van der Waals surface area contributed by atoms with E-state index in [1.54, 1.807) is 24.3 Å². The van der Waals surface area contributed by atoms with E-state index in [2.05, 4.69) is 0 Å². The Morgan fingerprint density at radius 3 is 1.67 bits per heavy atom. The molecule has 0 bridgehead atoms. The van der Waals surface area contributed by atoms with Gasteiger partial charge in [0.15, 0.2) is 0 Å². The second kappa shape index (κ2) is 4.41. The number of rotatable bonds is 4. The fourth-order valence-corrected chi connectivity index (χ4v) is 1.21. The molecule has 1 rings (SSSR count). The predicted octanol–water partition coefficient (Wildman–Crippen LogP) is 1.38. The van der Waals surface area contributed by atoms with Gasteiger partial charge in [-0.15, -0.1) is 0 Å². The molecule has 0 unspecified atom stereocenters. The lowest BCUT2D eigenvalue weighted by molar-refractivity contribution is -0.132. The maximum atomic E-state index is 10.4. The van der Waals surface area contributed by atoms with E-state index in [1.807, 2.05) is 0 Å². The average Bonchev–Trinajstić information content (AvgIpc) is 2.61. The fraction of sp³-hybridized carbons (Fsp3) is 0.0909. The molecule has 0 saturated heterocycles. The van der Waals surface area contributed by atoms with Gasteiger partial charge in [-0.1, -0.05) is 36.5 Å². The van der Waals surface area contributed by atoms with Crippen LogP contribution in [0.5, 0.6) is 0 Å². The van der Waals surface area contributed by atoms with Crippen molar-refractivity contribution in [1.29, 1.82) is 0 Å². The molecule has 0 atom stereocenters.